The van der Waals surface area contributed by atoms with E-state index in [9.17, 15) is 13.5 Å². The second-order valence-electron chi connectivity index (χ2n) is 5.23. The van der Waals surface area contributed by atoms with Gasteiger partial charge in [0.25, 0.3) is 0 Å². The lowest BCUT2D eigenvalue weighted by Gasteiger charge is -2.32. The molecule has 2 saturated heterocycles. The fraction of sp³-hybridized carbons (Fsp3) is 1.00. The average molecular weight is 279 g/mol. The van der Waals surface area contributed by atoms with Crippen LogP contribution in [0, 0.1) is 11.8 Å². The number of thioether (sulfide) groups is 1. The van der Waals surface area contributed by atoms with Gasteiger partial charge in [-0.3, -0.25) is 0 Å². The zero-order valence-corrected chi connectivity index (χ0v) is 11.8. The summed E-state index contributed by atoms with van der Waals surface area (Å²) >= 11 is 1.80. The highest BCUT2D eigenvalue weighted by atomic mass is 32.2. The normalized spacial score (nSPS) is 36.2. The Bertz CT molecular complexity index is 358. The van der Waals surface area contributed by atoms with E-state index in [1.165, 1.54) is 6.26 Å². The number of aliphatic hydroxyl groups excluding tert-OH is 1. The first-order valence-corrected chi connectivity index (χ1v) is 9.18. The standard InChI is InChI=1S/C11H21NO3S2/c1-17(14,15)12-4-2-3-9(6-12)5-10-7-16-8-11(10)13/h9-11,13H,2-8H2,1H3. The summed E-state index contributed by atoms with van der Waals surface area (Å²) in [6.07, 6.45) is 4.12. The van der Waals surface area contributed by atoms with Crippen LogP contribution in [0.5, 0.6) is 0 Å². The van der Waals surface area contributed by atoms with Gasteiger partial charge in [0.1, 0.15) is 0 Å². The van der Waals surface area contributed by atoms with E-state index < -0.39 is 10.0 Å². The molecule has 4 nitrogen and oxygen atoms in total. The van der Waals surface area contributed by atoms with Crippen molar-refractivity contribution in [2.24, 2.45) is 11.8 Å². The first-order chi connectivity index (χ1) is 7.97. The summed E-state index contributed by atoms with van der Waals surface area (Å²) in [5.74, 6) is 2.66. The van der Waals surface area contributed by atoms with Gasteiger partial charge in [-0.05, 0) is 36.9 Å². The van der Waals surface area contributed by atoms with Crippen LogP contribution in [0.1, 0.15) is 19.3 Å². The third kappa shape index (κ3) is 3.59. The van der Waals surface area contributed by atoms with Crippen LogP contribution >= 0.6 is 11.8 Å². The van der Waals surface area contributed by atoms with Crippen LogP contribution in [0.4, 0.5) is 0 Å². The molecular weight excluding hydrogens is 258 g/mol. The number of nitrogens with zero attached hydrogens (tertiary/aromatic N) is 1. The summed E-state index contributed by atoms with van der Waals surface area (Å²) in [5.41, 5.74) is 0. The van der Waals surface area contributed by atoms with E-state index in [-0.39, 0.29) is 6.10 Å². The Morgan fingerprint density at radius 2 is 2.18 bits per heavy atom. The summed E-state index contributed by atoms with van der Waals surface area (Å²) in [6, 6.07) is 0. The topological polar surface area (TPSA) is 57.6 Å². The Labute approximate surface area is 108 Å². The average Bonchev–Trinajstić information content (AvgIpc) is 2.64. The van der Waals surface area contributed by atoms with Crippen molar-refractivity contribution in [3.63, 3.8) is 0 Å². The van der Waals surface area contributed by atoms with Gasteiger partial charge in [0, 0.05) is 18.8 Å². The van der Waals surface area contributed by atoms with Crippen LogP contribution in [-0.4, -0.2) is 54.8 Å². The first-order valence-electron chi connectivity index (χ1n) is 6.17. The Morgan fingerprint density at radius 1 is 1.41 bits per heavy atom. The van der Waals surface area contributed by atoms with Gasteiger partial charge in [-0.15, -0.1) is 0 Å². The minimum Gasteiger partial charge on any atom is -0.392 e. The molecule has 6 heteroatoms. The predicted octanol–water partition coefficient (Wildman–Crippen LogP) is 0.772. The third-order valence-corrected chi connectivity index (χ3v) is 6.26. The SMILES string of the molecule is CS(=O)(=O)N1CCCC(CC2CSCC2O)C1. The molecule has 0 aromatic heterocycles. The lowest BCUT2D eigenvalue weighted by Crippen LogP contribution is -2.40. The zero-order chi connectivity index (χ0) is 12.5. The van der Waals surface area contributed by atoms with Gasteiger partial charge in [-0.2, -0.15) is 11.8 Å². The Kier molecular flexibility index (Phi) is 4.39. The van der Waals surface area contributed by atoms with E-state index in [1.807, 2.05) is 0 Å². The molecule has 2 fully saturated rings. The fourth-order valence-electron chi connectivity index (χ4n) is 2.76. The number of hydrogen-bond acceptors (Lipinski definition) is 4. The summed E-state index contributed by atoms with van der Waals surface area (Å²) < 4.78 is 24.6. The lowest BCUT2D eigenvalue weighted by molar-refractivity contribution is 0.122. The second-order valence-corrected chi connectivity index (χ2v) is 8.29. The van der Waals surface area contributed by atoms with Gasteiger partial charge in [0.15, 0.2) is 0 Å². The number of piperidine rings is 1. The Morgan fingerprint density at radius 3 is 2.76 bits per heavy atom. The van der Waals surface area contributed by atoms with Gasteiger partial charge in [-0.25, -0.2) is 12.7 Å². The number of sulfonamides is 1. The molecule has 0 saturated carbocycles. The molecule has 0 bridgehead atoms. The van der Waals surface area contributed by atoms with Crippen LogP contribution in [0.2, 0.25) is 0 Å². The van der Waals surface area contributed by atoms with Crippen molar-refractivity contribution in [2.45, 2.75) is 25.4 Å². The van der Waals surface area contributed by atoms with Crippen molar-refractivity contribution in [3.8, 4) is 0 Å². The van der Waals surface area contributed by atoms with Gasteiger partial charge in [0.2, 0.25) is 10.0 Å². The molecule has 2 aliphatic heterocycles. The third-order valence-electron chi connectivity index (χ3n) is 3.75. The fourth-order valence-corrected chi connectivity index (χ4v) is 5.01. The first kappa shape index (κ1) is 13.6. The van der Waals surface area contributed by atoms with Gasteiger partial charge in [0.05, 0.1) is 12.4 Å². The molecule has 0 radical (unpaired) electrons. The predicted molar refractivity (Wildman–Crippen MR) is 70.6 cm³/mol. The van der Waals surface area contributed by atoms with Gasteiger partial charge < -0.3 is 5.11 Å². The van der Waals surface area contributed by atoms with Crippen molar-refractivity contribution >= 4 is 21.8 Å². The van der Waals surface area contributed by atoms with Crippen LogP contribution in [-0.2, 0) is 10.0 Å². The summed E-state index contributed by atoms with van der Waals surface area (Å²) in [4.78, 5) is 0. The molecular formula is C11H21NO3S2. The molecule has 17 heavy (non-hydrogen) atoms. The van der Waals surface area contributed by atoms with Crippen molar-refractivity contribution in [1.29, 1.82) is 0 Å². The maximum Gasteiger partial charge on any atom is 0.211 e. The molecule has 3 atom stereocenters. The van der Waals surface area contributed by atoms with Crippen LogP contribution in [0.3, 0.4) is 0 Å². The number of aliphatic hydroxyl groups is 1. The van der Waals surface area contributed by atoms with Crippen molar-refractivity contribution < 1.29 is 13.5 Å². The summed E-state index contributed by atoms with van der Waals surface area (Å²) in [7, 11) is -3.04. The maximum atomic E-state index is 11.5. The minimum atomic E-state index is -3.04. The second kappa shape index (κ2) is 5.47. The minimum absolute atomic E-state index is 0.186. The van der Waals surface area contributed by atoms with E-state index >= 15 is 0 Å². The highest BCUT2D eigenvalue weighted by Crippen LogP contribution is 2.32. The Balaban J connectivity index is 1.89. The van der Waals surface area contributed by atoms with E-state index in [2.05, 4.69) is 0 Å². The monoisotopic (exact) mass is 279 g/mol. The van der Waals surface area contributed by atoms with Crippen LogP contribution < -0.4 is 0 Å². The molecule has 2 heterocycles. The molecule has 0 aromatic carbocycles. The number of rotatable bonds is 3. The Hall–Kier alpha value is 0.220. The number of hydrogen-bond donors (Lipinski definition) is 1. The smallest absolute Gasteiger partial charge is 0.211 e. The summed E-state index contributed by atoms with van der Waals surface area (Å²) in [6.45, 7) is 1.31. The van der Waals surface area contributed by atoms with Crippen molar-refractivity contribution in [3.05, 3.63) is 0 Å². The molecule has 0 aromatic rings. The van der Waals surface area contributed by atoms with Crippen molar-refractivity contribution in [1.82, 2.24) is 4.31 Å². The van der Waals surface area contributed by atoms with E-state index in [0.29, 0.717) is 24.9 Å². The molecule has 0 aliphatic carbocycles. The quantitative estimate of drug-likeness (QED) is 0.829. The highest BCUT2D eigenvalue weighted by Gasteiger charge is 2.32. The molecule has 3 unspecified atom stereocenters. The van der Waals surface area contributed by atoms with Crippen LogP contribution in [0.15, 0.2) is 0 Å². The zero-order valence-electron chi connectivity index (χ0n) is 10.2. The molecule has 2 aliphatic rings. The van der Waals surface area contributed by atoms with Crippen LogP contribution in [0.25, 0.3) is 0 Å². The van der Waals surface area contributed by atoms with E-state index in [1.54, 1.807) is 16.1 Å². The molecule has 0 amide bonds. The largest absolute Gasteiger partial charge is 0.392 e. The van der Waals surface area contributed by atoms with Gasteiger partial charge >= 0.3 is 0 Å². The molecule has 100 valence electrons. The van der Waals surface area contributed by atoms with Gasteiger partial charge in [-0.1, -0.05) is 0 Å². The van der Waals surface area contributed by atoms with E-state index in [0.717, 1.165) is 30.8 Å². The molecule has 0 spiro atoms. The van der Waals surface area contributed by atoms with Crippen molar-refractivity contribution in [2.75, 3.05) is 30.9 Å². The molecule has 1 N–H and O–H groups in total. The highest BCUT2D eigenvalue weighted by molar-refractivity contribution is 7.99. The summed E-state index contributed by atoms with van der Waals surface area (Å²) in [5, 5.41) is 9.79. The van der Waals surface area contributed by atoms with E-state index in [4.69, 9.17) is 0 Å². The maximum absolute atomic E-state index is 11.5. The lowest BCUT2D eigenvalue weighted by atomic mass is 9.88. The molecule has 2 rings (SSSR count).